The minimum Gasteiger partial charge on any atom is -0.478 e. The Kier molecular flexibility index (Phi) is 5.76. The summed E-state index contributed by atoms with van der Waals surface area (Å²) in [5.74, 6) is -0.373. The van der Waals surface area contributed by atoms with Gasteiger partial charge in [-0.25, -0.2) is 4.79 Å². The Morgan fingerprint density at radius 1 is 1.00 bits per heavy atom. The van der Waals surface area contributed by atoms with Crippen LogP contribution in [0.4, 0.5) is 0 Å². The van der Waals surface area contributed by atoms with Crippen LogP contribution in [0.1, 0.15) is 48.0 Å². The van der Waals surface area contributed by atoms with Gasteiger partial charge in [-0.2, -0.15) is 17.0 Å². The summed E-state index contributed by atoms with van der Waals surface area (Å²) in [6.45, 7) is 2.55. The number of carbonyl (C=O) groups is 1. The molecule has 138 valence electrons. The van der Waals surface area contributed by atoms with E-state index in [1.54, 1.807) is 20.7 Å². The summed E-state index contributed by atoms with van der Waals surface area (Å²) in [4.78, 5) is 10.9. The molecule has 25 heavy (non-hydrogen) atoms. The molecule has 1 aromatic rings. The fourth-order valence-corrected chi connectivity index (χ4v) is 5.41. The van der Waals surface area contributed by atoms with Crippen LogP contribution in [-0.4, -0.2) is 54.3 Å². The largest absolute Gasteiger partial charge is 0.478 e. The zero-order chi connectivity index (χ0) is 17.9. The van der Waals surface area contributed by atoms with Gasteiger partial charge in [-0.05, 0) is 62.1 Å². The maximum absolute atomic E-state index is 12.6. The number of nitrogens with zero attached hydrogens (tertiary/aromatic N) is 2. The Labute approximate surface area is 149 Å². The lowest BCUT2D eigenvalue weighted by molar-refractivity contribution is 0.0697. The Morgan fingerprint density at radius 2 is 1.56 bits per heavy atom. The highest BCUT2D eigenvalue weighted by Crippen LogP contribution is 2.26. The van der Waals surface area contributed by atoms with Gasteiger partial charge >= 0.3 is 5.97 Å². The van der Waals surface area contributed by atoms with Crippen molar-refractivity contribution in [2.45, 2.75) is 38.5 Å². The standard InChI is InChI=1S/C18H26N2O4S/c21-18(22)17-7-5-15(6-8-17)3-4-16-9-13-20(14-10-16)25(23,24)19-11-1-2-12-19/h5-8,16H,1-4,9-14H2,(H,21,22). The Morgan fingerprint density at radius 3 is 2.12 bits per heavy atom. The van der Waals surface area contributed by atoms with Crippen molar-refractivity contribution in [1.82, 2.24) is 8.61 Å². The molecule has 0 aromatic heterocycles. The second kappa shape index (κ2) is 7.85. The summed E-state index contributed by atoms with van der Waals surface area (Å²) >= 11 is 0. The van der Waals surface area contributed by atoms with Crippen LogP contribution in [0.15, 0.2) is 24.3 Å². The number of hydrogen-bond acceptors (Lipinski definition) is 3. The second-order valence-corrected chi connectivity index (χ2v) is 8.93. The van der Waals surface area contributed by atoms with Crippen LogP contribution >= 0.6 is 0 Å². The van der Waals surface area contributed by atoms with E-state index >= 15 is 0 Å². The number of rotatable bonds is 6. The van der Waals surface area contributed by atoms with E-state index in [0.29, 0.717) is 37.7 Å². The third kappa shape index (κ3) is 4.40. The van der Waals surface area contributed by atoms with Crippen molar-refractivity contribution in [1.29, 1.82) is 0 Å². The van der Waals surface area contributed by atoms with Gasteiger partial charge in [0.15, 0.2) is 0 Å². The van der Waals surface area contributed by atoms with Crippen LogP contribution < -0.4 is 0 Å². The van der Waals surface area contributed by atoms with Crippen LogP contribution in [0.5, 0.6) is 0 Å². The summed E-state index contributed by atoms with van der Waals surface area (Å²) in [5, 5.41) is 8.92. The number of carboxylic acids is 1. The van der Waals surface area contributed by atoms with Crippen molar-refractivity contribution < 1.29 is 18.3 Å². The molecular weight excluding hydrogens is 340 g/mol. The van der Waals surface area contributed by atoms with Crippen LogP contribution in [0.2, 0.25) is 0 Å². The Bertz CT molecular complexity index is 688. The lowest BCUT2D eigenvalue weighted by Crippen LogP contribution is -2.46. The van der Waals surface area contributed by atoms with Gasteiger partial charge < -0.3 is 5.11 Å². The molecule has 6 nitrogen and oxygen atoms in total. The van der Waals surface area contributed by atoms with Gasteiger partial charge in [-0.15, -0.1) is 0 Å². The number of aromatic carboxylic acids is 1. The predicted molar refractivity (Wildman–Crippen MR) is 95.7 cm³/mol. The summed E-state index contributed by atoms with van der Waals surface area (Å²) in [7, 11) is -3.25. The van der Waals surface area contributed by atoms with Crippen LogP contribution in [0, 0.1) is 5.92 Å². The van der Waals surface area contributed by atoms with Gasteiger partial charge in [-0.1, -0.05) is 12.1 Å². The third-order valence-electron chi connectivity index (χ3n) is 5.33. The van der Waals surface area contributed by atoms with Crippen molar-refractivity contribution in [2.75, 3.05) is 26.2 Å². The summed E-state index contributed by atoms with van der Waals surface area (Å²) < 4.78 is 28.4. The van der Waals surface area contributed by atoms with Gasteiger partial charge in [0.2, 0.25) is 0 Å². The molecular formula is C18H26N2O4S. The van der Waals surface area contributed by atoms with Gasteiger partial charge in [0.1, 0.15) is 0 Å². The number of carboxylic acid groups (broad SMARTS) is 1. The summed E-state index contributed by atoms with van der Waals surface area (Å²) in [6, 6.07) is 7.03. The summed E-state index contributed by atoms with van der Waals surface area (Å²) in [6.07, 6.45) is 5.67. The average molecular weight is 366 g/mol. The summed E-state index contributed by atoms with van der Waals surface area (Å²) in [5.41, 5.74) is 1.45. The van der Waals surface area contributed by atoms with E-state index in [1.807, 2.05) is 12.1 Å². The zero-order valence-electron chi connectivity index (χ0n) is 14.4. The first kappa shape index (κ1) is 18.4. The molecule has 0 spiro atoms. The van der Waals surface area contributed by atoms with Crippen LogP contribution in [0.25, 0.3) is 0 Å². The molecule has 2 fully saturated rings. The van der Waals surface area contributed by atoms with E-state index in [9.17, 15) is 13.2 Å². The van der Waals surface area contributed by atoms with E-state index in [2.05, 4.69) is 0 Å². The quantitative estimate of drug-likeness (QED) is 0.838. The molecule has 2 aliphatic rings. The number of piperidine rings is 1. The normalized spacial score (nSPS) is 20.8. The minimum atomic E-state index is -3.25. The highest BCUT2D eigenvalue weighted by molar-refractivity contribution is 7.86. The Balaban J connectivity index is 1.47. The monoisotopic (exact) mass is 366 g/mol. The number of aryl methyl sites for hydroxylation is 1. The van der Waals surface area contributed by atoms with Gasteiger partial charge in [0.05, 0.1) is 5.56 Å². The SMILES string of the molecule is O=C(O)c1ccc(CCC2CCN(S(=O)(=O)N3CCCC3)CC2)cc1. The van der Waals surface area contributed by atoms with E-state index in [-0.39, 0.29) is 0 Å². The Hall–Kier alpha value is -1.44. The molecule has 1 N–H and O–H groups in total. The molecule has 2 aliphatic heterocycles. The van der Waals surface area contributed by atoms with E-state index in [0.717, 1.165) is 44.1 Å². The van der Waals surface area contributed by atoms with Crippen LogP contribution in [0.3, 0.4) is 0 Å². The fraction of sp³-hybridized carbons (Fsp3) is 0.611. The molecule has 0 radical (unpaired) electrons. The van der Waals surface area contributed by atoms with Crippen molar-refractivity contribution in [3.05, 3.63) is 35.4 Å². The molecule has 0 saturated carbocycles. The molecule has 0 atom stereocenters. The maximum atomic E-state index is 12.6. The zero-order valence-corrected chi connectivity index (χ0v) is 15.2. The molecule has 2 heterocycles. The van der Waals surface area contributed by atoms with Crippen molar-refractivity contribution >= 4 is 16.2 Å². The first-order valence-electron chi connectivity index (χ1n) is 9.04. The van der Waals surface area contributed by atoms with Gasteiger partial charge in [0.25, 0.3) is 10.2 Å². The third-order valence-corrected chi connectivity index (χ3v) is 7.37. The molecule has 3 rings (SSSR count). The second-order valence-electron chi connectivity index (χ2n) is 7.00. The first-order chi connectivity index (χ1) is 12.0. The fourth-order valence-electron chi connectivity index (χ4n) is 3.70. The minimum absolute atomic E-state index is 0.309. The lowest BCUT2D eigenvalue weighted by Gasteiger charge is -2.33. The molecule has 0 aliphatic carbocycles. The molecule has 1 aromatic carbocycles. The smallest absolute Gasteiger partial charge is 0.335 e. The highest BCUT2D eigenvalue weighted by Gasteiger charge is 2.34. The topological polar surface area (TPSA) is 77.9 Å². The molecule has 0 amide bonds. The molecule has 0 bridgehead atoms. The van der Waals surface area contributed by atoms with E-state index < -0.39 is 16.2 Å². The predicted octanol–water partition coefficient (Wildman–Crippen LogP) is 2.37. The number of hydrogen-bond donors (Lipinski definition) is 1. The van der Waals surface area contributed by atoms with Crippen molar-refractivity contribution in [2.24, 2.45) is 5.92 Å². The maximum Gasteiger partial charge on any atom is 0.335 e. The van der Waals surface area contributed by atoms with Gasteiger partial charge in [-0.3, -0.25) is 0 Å². The van der Waals surface area contributed by atoms with Crippen LogP contribution in [-0.2, 0) is 16.6 Å². The molecule has 7 heteroatoms. The van der Waals surface area contributed by atoms with Crippen molar-refractivity contribution in [3.63, 3.8) is 0 Å². The first-order valence-corrected chi connectivity index (χ1v) is 10.4. The lowest BCUT2D eigenvalue weighted by atomic mass is 9.91. The van der Waals surface area contributed by atoms with E-state index in [4.69, 9.17) is 5.11 Å². The van der Waals surface area contributed by atoms with E-state index in [1.165, 1.54) is 0 Å². The average Bonchev–Trinajstić information content (AvgIpc) is 3.16. The van der Waals surface area contributed by atoms with Gasteiger partial charge in [0, 0.05) is 26.2 Å². The number of benzene rings is 1. The molecule has 2 saturated heterocycles. The molecule has 0 unspecified atom stereocenters. The highest BCUT2D eigenvalue weighted by atomic mass is 32.2. The van der Waals surface area contributed by atoms with Crippen molar-refractivity contribution in [3.8, 4) is 0 Å².